The lowest BCUT2D eigenvalue weighted by molar-refractivity contribution is 0.468. The van der Waals surface area contributed by atoms with E-state index in [2.05, 4.69) is 60.7 Å². The van der Waals surface area contributed by atoms with Crippen LogP contribution in [0.4, 0.5) is 0 Å². The summed E-state index contributed by atoms with van der Waals surface area (Å²) in [5.41, 5.74) is 6.43. The van der Waals surface area contributed by atoms with Gasteiger partial charge in [-0.05, 0) is 47.6 Å². The summed E-state index contributed by atoms with van der Waals surface area (Å²) in [5.74, 6) is 0. The lowest BCUT2D eigenvalue weighted by Gasteiger charge is -2.34. The number of para-hydroxylation sites is 1. The van der Waals surface area contributed by atoms with Gasteiger partial charge in [0, 0.05) is 11.1 Å². The molecule has 0 aliphatic heterocycles. The van der Waals surface area contributed by atoms with Crippen LogP contribution in [0.1, 0.15) is 23.2 Å². The van der Waals surface area contributed by atoms with Crippen LogP contribution >= 0.6 is 12.4 Å². The van der Waals surface area contributed by atoms with E-state index in [1.807, 2.05) is 30.3 Å². The lowest BCUT2D eigenvalue weighted by Crippen LogP contribution is -2.32. The van der Waals surface area contributed by atoms with Crippen LogP contribution in [-0.2, 0) is 18.3 Å². The summed E-state index contributed by atoms with van der Waals surface area (Å²) in [6.07, 6.45) is 2.33. The Morgan fingerprint density at radius 1 is 0.828 bits per heavy atom. The van der Waals surface area contributed by atoms with Crippen LogP contribution in [0.2, 0.25) is 0 Å². The van der Waals surface area contributed by atoms with Crippen LogP contribution in [0.3, 0.4) is 0 Å². The van der Waals surface area contributed by atoms with Gasteiger partial charge in [-0.15, -0.1) is 12.4 Å². The molecule has 3 heteroatoms. The summed E-state index contributed by atoms with van der Waals surface area (Å²) >= 11 is 0. The van der Waals surface area contributed by atoms with Crippen LogP contribution < -0.4 is 0 Å². The molecule has 0 saturated carbocycles. The molecule has 0 radical (unpaired) electrons. The normalized spacial score (nSPS) is 17.8. The van der Waals surface area contributed by atoms with Gasteiger partial charge in [-0.2, -0.15) is 5.26 Å². The zero-order valence-corrected chi connectivity index (χ0v) is 16.8. The maximum Gasteiger partial charge on any atom is 0.0867 e. The molecule has 4 aromatic rings. The standard InChI is InChI=1S/C26H20N2.ClH/c27-18-26(20-11-5-2-6-12-20)16-15-24-22(17-26)25(19-9-3-1-4-10-19)21-13-7-8-14-23(21)28-24;/h1-14H,15-17H2;1H. The third kappa shape index (κ3) is 3.18. The molecule has 142 valence electrons. The van der Waals surface area contributed by atoms with Gasteiger partial charge in [-0.25, -0.2) is 0 Å². The molecule has 1 aromatic heterocycles. The molecule has 0 N–H and O–H groups in total. The number of rotatable bonds is 2. The van der Waals surface area contributed by atoms with Gasteiger partial charge in [0.15, 0.2) is 0 Å². The fourth-order valence-electron chi connectivity index (χ4n) is 4.52. The Balaban J connectivity index is 0.00000205. The number of pyridine rings is 1. The minimum Gasteiger partial charge on any atom is -0.253 e. The molecule has 29 heavy (non-hydrogen) atoms. The average molecular weight is 397 g/mol. The maximum absolute atomic E-state index is 10.2. The number of aryl methyl sites for hydroxylation is 1. The average Bonchev–Trinajstić information content (AvgIpc) is 2.78. The van der Waals surface area contributed by atoms with E-state index in [1.54, 1.807) is 0 Å². The molecule has 1 unspecified atom stereocenters. The molecule has 1 aliphatic carbocycles. The number of aromatic nitrogens is 1. The molecule has 5 rings (SSSR count). The Morgan fingerprint density at radius 2 is 1.48 bits per heavy atom. The van der Waals surface area contributed by atoms with Gasteiger partial charge in [-0.1, -0.05) is 78.9 Å². The predicted molar refractivity (Wildman–Crippen MR) is 120 cm³/mol. The summed E-state index contributed by atoms with van der Waals surface area (Å²) in [6, 6.07) is 31.8. The Hall–Kier alpha value is -3.15. The van der Waals surface area contributed by atoms with E-state index in [4.69, 9.17) is 4.98 Å². The van der Waals surface area contributed by atoms with Gasteiger partial charge >= 0.3 is 0 Å². The number of benzene rings is 3. The molecule has 1 aliphatic rings. The molecule has 0 bridgehead atoms. The van der Waals surface area contributed by atoms with E-state index in [9.17, 15) is 5.26 Å². The van der Waals surface area contributed by atoms with Crippen LogP contribution in [0.25, 0.3) is 22.0 Å². The highest BCUT2D eigenvalue weighted by Crippen LogP contribution is 2.43. The summed E-state index contributed by atoms with van der Waals surface area (Å²) < 4.78 is 0. The first-order chi connectivity index (χ1) is 13.8. The number of fused-ring (bicyclic) bond motifs is 2. The molecule has 0 amide bonds. The van der Waals surface area contributed by atoms with Crippen molar-refractivity contribution in [1.82, 2.24) is 4.98 Å². The molecule has 0 fully saturated rings. The van der Waals surface area contributed by atoms with Gasteiger partial charge in [0.2, 0.25) is 0 Å². The SMILES string of the molecule is Cl.N#CC1(c2ccccc2)CCc2nc3ccccc3c(-c3ccccc3)c2C1. The molecule has 0 spiro atoms. The first-order valence-electron chi connectivity index (χ1n) is 9.73. The second-order valence-electron chi connectivity index (χ2n) is 7.53. The highest BCUT2D eigenvalue weighted by molar-refractivity contribution is 5.97. The Morgan fingerprint density at radius 3 is 2.21 bits per heavy atom. The summed E-state index contributed by atoms with van der Waals surface area (Å²) in [7, 11) is 0. The molecule has 0 saturated heterocycles. The van der Waals surface area contributed by atoms with Crippen molar-refractivity contribution in [2.24, 2.45) is 0 Å². The number of hydrogen-bond donors (Lipinski definition) is 0. The maximum atomic E-state index is 10.2. The number of nitrogens with zero attached hydrogens (tertiary/aromatic N) is 2. The van der Waals surface area contributed by atoms with Crippen molar-refractivity contribution < 1.29 is 0 Å². The summed E-state index contributed by atoms with van der Waals surface area (Å²) in [4.78, 5) is 4.99. The van der Waals surface area contributed by atoms with E-state index >= 15 is 0 Å². The van der Waals surface area contributed by atoms with Crippen molar-refractivity contribution in [2.45, 2.75) is 24.7 Å². The Kier molecular flexibility index (Phi) is 5.09. The smallest absolute Gasteiger partial charge is 0.0867 e. The molecular formula is C26H21ClN2. The third-order valence-corrected chi connectivity index (χ3v) is 5.95. The van der Waals surface area contributed by atoms with Gasteiger partial charge in [0.25, 0.3) is 0 Å². The van der Waals surface area contributed by atoms with Crippen LogP contribution in [0.5, 0.6) is 0 Å². The quantitative estimate of drug-likeness (QED) is 0.400. The van der Waals surface area contributed by atoms with Crippen molar-refractivity contribution in [3.05, 3.63) is 102 Å². The van der Waals surface area contributed by atoms with Crippen molar-refractivity contribution in [3.63, 3.8) is 0 Å². The van der Waals surface area contributed by atoms with Crippen molar-refractivity contribution in [2.75, 3.05) is 0 Å². The molecule has 2 nitrogen and oxygen atoms in total. The fourth-order valence-corrected chi connectivity index (χ4v) is 4.52. The Bertz CT molecular complexity index is 1200. The second kappa shape index (κ2) is 7.70. The van der Waals surface area contributed by atoms with Gasteiger partial charge in [0.05, 0.1) is 17.0 Å². The summed E-state index contributed by atoms with van der Waals surface area (Å²) in [5, 5.41) is 11.4. The minimum atomic E-state index is -0.498. The topological polar surface area (TPSA) is 36.7 Å². The first kappa shape index (κ1) is 19.2. The minimum absolute atomic E-state index is 0. The van der Waals surface area contributed by atoms with Gasteiger partial charge < -0.3 is 0 Å². The number of nitriles is 1. The van der Waals surface area contributed by atoms with Gasteiger partial charge in [0.1, 0.15) is 0 Å². The van der Waals surface area contributed by atoms with Crippen LogP contribution in [0.15, 0.2) is 84.9 Å². The number of hydrogen-bond acceptors (Lipinski definition) is 2. The third-order valence-electron chi connectivity index (χ3n) is 5.95. The van der Waals surface area contributed by atoms with E-state index in [1.165, 1.54) is 16.7 Å². The van der Waals surface area contributed by atoms with E-state index in [0.717, 1.165) is 35.0 Å². The van der Waals surface area contributed by atoms with Crippen molar-refractivity contribution in [1.29, 1.82) is 5.26 Å². The Labute approximate surface area is 177 Å². The van der Waals surface area contributed by atoms with E-state index in [-0.39, 0.29) is 12.4 Å². The molecule has 3 aromatic carbocycles. The number of halogens is 1. The molecular weight excluding hydrogens is 376 g/mol. The zero-order valence-electron chi connectivity index (χ0n) is 16.0. The van der Waals surface area contributed by atoms with Gasteiger partial charge in [-0.3, -0.25) is 4.98 Å². The van der Waals surface area contributed by atoms with E-state index < -0.39 is 5.41 Å². The highest BCUT2D eigenvalue weighted by atomic mass is 35.5. The predicted octanol–water partition coefficient (Wildman–Crippen LogP) is 6.27. The largest absolute Gasteiger partial charge is 0.253 e. The monoisotopic (exact) mass is 396 g/mol. The van der Waals surface area contributed by atoms with Crippen molar-refractivity contribution in [3.8, 4) is 17.2 Å². The molecule has 1 heterocycles. The van der Waals surface area contributed by atoms with Crippen molar-refractivity contribution >= 4 is 23.3 Å². The second-order valence-corrected chi connectivity index (χ2v) is 7.53. The molecule has 1 atom stereocenters. The fraction of sp³-hybridized carbons (Fsp3) is 0.154. The zero-order chi connectivity index (χ0) is 19.0. The highest BCUT2D eigenvalue weighted by Gasteiger charge is 2.38. The first-order valence-corrected chi connectivity index (χ1v) is 9.73. The lowest BCUT2D eigenvalue weighted by atomic mass is 9.68. The van der Waals surface area contributed by atoms with E-state index in [0.29, 0.717) is 6.42 Å². The summed E-state index contributed by atoms with van der Waals surface area (Å²) in [6.45, 7) is 0. The van der Waals surface area contributed by atoms with Crippen LogP contribution in [-0.4, -0.2) is 4.98 Å². The van der Waals surface area contributed by atoms with Crippen LogP contribution in [0, 0.1) is 11.3 Å².